The van der Waals surface area contributed by atoms with Gasteiger partial charge in [0.2, 0.25) is 0 Å². The monoisotopic (exact) mass is 400 g/mol. The number of aryl methyl sites for hydroxylation is 1. The minimum atomic E-state index is 0.426. The van der Waals surface area contributed by atoms with Gasteiger partial charge in [-0.15, -0.1) is 0 Å². The molecule has 0 radical (unpaired) electrons. The van der Waals surface area contributed by atoms with Gasteiger partial charge in [0.15, 0.2) is 0 Å². The van der Waals surface area contributed by atoms with Crippen LogP contribution in [-0.2, 0) is 0 Å². The molecule has 0 atom stereocenters. The van der Waals surface area contributed by atoms with Gasteiger partial charge in [-0.1, -0.05) is 46.9 Å². The molecule has 0 saturated heterocycles. The Kier molecular flexibility index (Phi) is 5.44. The summed E-state index contributed by atoms with van der Waals surface area (Å²) in [7, 11) is 0. The van der Waals surface area contributed by atoms with Crippen molar-refractivity contribution in [1.82, 2.24) is 4.57 Å². The highest BCUT2D eigenvalue weighted by Crippen LogP contribution is 2.29. The normalized spacial score (nSPS) is 11.5. The molecule has 5 heteroatoms. The molecule has 2 nitrogen and oxygen atoms in total. The zero-order chi connectivity index (χ0) is 18.8. The number of allylic oxidation sites excluding steroid dienone is 1. The Morgan fingerprint density at radius 1 is 1.00 bits per heavy atom. The van der Waals surface area contributed by atoms with Crippen molar-refractivity contribution in [3.8, 4) is 11.8 Å². The molecule has 0 aliphatic carbocycles. The first-order valence-corrected chi connectivity index (χ1v) is 9.06. The summed E-state index contributed by atoms with van der Waals surface area (Å²) >= 11 is 18.2. The molecule has 26 heavy (non-hydrogen) atoms. The molecule has 3 rings (SSSR count). The fourth-order valence-corrected chi connectivity index (χ4v) is 3.43. The lowest BCUT2D eigenvalue weighted by Gasteiger charge is -2.10. The van der Waals surface area contributed by atoms with Crippen LogP contribution in [0.25, 0.3) is 17.3 Å². The summed E-state index contributed by atoms with van der Waals surface area (Å²) in [6.45, 7) is 4.04. The zero-order valence-electron chi connectivity index (χ0n) is 14.2. The summed E-state index contributed by atoms with van der Waals surface area (Å²) in [4.78, 5) is 0. The van der Waals surface area contributed by atoms with Crippen molar-refractivity contribution in [2.24, 2.45) is 0 Å². The van der Waals surface area contributed by atoms with Gasteiger partial charge in [-0.2, -0.15) is 5.26 Å². The van der Waals surface area contributed by atoms with Crippen molar-refractivity contribution in [2.75, 3.05) is 0 Å². The smallest absolute Gasteiger partial charge is 0.0998 e. The summed E-state index contributed by atoms with van der Waals surface area (Å²) in [5.41, 5.74) is 5.29. The van der Waals surface area contributed by atoms with Crippen LogP contribution >= 0.6 is 34.8 Å². The van der Waals surface area contributed by atoms with E-state index in [0.717, 1.165) is 28.2 Å². The second kappa shape index (κ2) is 7.60. The first-order valence-electron chi connectivity index (χ1n) is 7.93. The van der Waals surface area contributed by atoms with Crippen LogP contribution in [0, 0.1) is 25.2 Å². The molecule has 0 spiro atoms. The van der Waals surface area contributed by atoms with Gasteiger partial charge in [-0.25, -0.2) is 0 Å². The van der Waals surface area contributed by atoms with Gasteiger partial charge >= 0.3 is 0 Å². The van der Waals surface area contributed by atoms with Crippen LogP contribution < -0.4 is 0 Å². The van der Waals surface area contributed by atoms with E-state index >= 15 is 0 Å². The number of halogens is 3. The maximum Gasteiger partial charge on any atom is 0.0998 e. The molecule has 2 aromatic carbocycles. The second-order valence-electron chi connectivity index (χ2n) is 5.94. The molecule has 0 amide bonds. The van der Waals surface area contributed by atoms with Gasteiger partial charge in [0.25, 0.3) is 0 Å². The summed E-state index contributed by atoms with van der Waals surface area (Å²) < 4.78 is 2.11. The van der Waals surface area contributed by atoms with Crippen LogP contribution in [0.4, 0.5) is 0 Å². The molecule has 0 aliphatic heterocycles. The van der Waals surface area contributed by atoms with Gasteiger partial charge in [0, 0.05) is 22.1 Å². The predicted octanol–water partition coefficient (Wildman–Crippen LogP) is 7.12. The summed E-state index contributed by atoms with van der Waals surface area (Å²) in [5, 5.41) is 11.2. The molecule has 0 fully saturated rings. The summed E-state index contributed by atoms with van der Waals surface area (Å²) in [6.07, 6.45) is 1.86. The zero-order valence-corrected chi connectivity index (χ0v) is 16.5. The van der Waals surface area contributed by atoms with E-state index in [2.05, 4.69) is 10.6 Å². The predicted molar refractivity (Wildman–Crippen MR) is 110 cm³/mol. The minimum absolute atomic E-state index is 0.426. The molecule has 1 aromatic heterocycles. The van der Waals surface area contributed by atoms with Crippen molar-refractivity contribution < 1.29 is 0 Å². The molecule has 0 N–H and O–H groups in total. The Bertz CT molecular complexity index is 1060. The van der Waals surface area contributed by atoms with Crippen molar-refractivity contribution in [2.45, 2.75) is 13.8 Å². The number of benzene rings is 2. The SMILES string of the molecule is Cc1cc(/C=C(/C#N)c2ccc(Cl)c(Cl)c2)c(C)n1-c1cccc(Cl)c1. The largest absolute Gasteiger partial charge is 0.318 e. The van der Waals surface area contributed by atoms with Gasteiger partial charge in [0.05, 0.1) is 21.7 Å². The lowest BCUT2D eigenvalue weighted by molar-refractivity contribution is 0.965. The van der Waals surface area contributed by atoms with Crippen LogP contribution in [0.1, 0.15) is 22.5 Å². The number of nitrogens with zero attached hydrogens (tertiary/aromatic N) is 2. The molecule has 0 aliphatic rings. The van der Waals surface area contributed by atoms with Crippen LogP contribution in [0.3, 0.4) is 0 Å². The molecule has 1 heterocycles. The number of hydrogen-bond acceptors (Lipinski definition) is 1. The highest BCUT2D eigenvalue weighted by molar-refractivity contribution is 6.42. The molecule has 0 unspecified atom stereocenters. The van der Waals surface area contributed by atoms with Crippen LogP contribution in [-0.4, -0.2) is 4.57 Å². The molecule has 0 saturated carbocycles. The maximum absolute atomic E-state index is 9.60. The van der Waals surface area contributed by atoms with Crippen molar-refractivity contribution in [3.63, 3.8) is 0 Å². The Morgan fingerprint density at radius 2 is 1.77 bits per heavy atom. The lowest BCUT2D eigenvalue weighted by atomic mass is 10.0. The van der Waals surface area contributed by atoms with E-state index in [1.54, 1.807) is 18.2 Å². The first-order chi connectivity index (χ1) is 12.4. The average molecular weight is 402 g/mol. The van der Waals surface area contributed by atoms with Gasteiger partial charge in [-0.05, 0) is 67.4 Å². The highest BCUT2D eigenvalue weighted by Gasteiger charge is 2.12. The fourth-order valence-electron chi connectivity index (χ4n) is 2.95. The number of aromatic nitrogens is 1. The second-order valence-corrected chi connectivity index (χ2v) is 7.19. The third-order valence-corrected chi connectivity index (χ3v) is 5.16. The standard InChI is InChI=1S/C21H15Cl3N2/c1-13-8-16(14(2)26(13)19-5-3-4-18(22)11-19)9-17(12-25)15-6-7-20(23)21(24)10-15/h3-11H,1-2H3/b17-9-. The van der Waals surface area contributed by atoms with Crippen LogP contribution in [0.5, 0.6) is 0 Å². The highest BCUT2D eigenvalue weighted by atomic mass is 35.5. The van der Waals surface area contributed by atoms with Crippen molar-refractivity contribution in [1.29, 1.82) is 5.26 Å². The Balaban J connectivity index is 2.09. The Hall–Kier alpha value is -2.18. The quantitative estimate of drug-likeness (QED) is 0.429. The maximum atomic E-state index is 9.60. The van der Waals surface area contributed by atoms with Gasteiger partial charge < -0.3 is 4.57 Å². The van der Waals surface area contributed by atoms with E-state index in [9.17, 15) is 5.26 Å². The Labute approximate surface area is 167 Å². The lowest BCUT2D eigenvalue weighted by Crippen LogP contribution is -1.98. The van der Waals surface area contributed by atoms with Crippen LogP contribution in [0.2, 0.25) is 15.1 Å². The van der Waals surface area contributed by atoms with Crippen molar-refractivity contribution in [3.05, 3.63) is 86.1 Å². The van der Waals surface area contributed by atoms with E-state index in [0.29, 0.717) is 20.6 Å². The number of nitriles is 1. The van der Waals surface area contributed by atoms with Crippen LogP contribution in [0.15, 0.2) is 48.5 Å². The fraction of sp³-hybridized carbons (Fsp3) is 0.0952. The summed E-state index contributed by atoms with van der Waals surface area (Å²) in [6, 6.07) is 17.2. The topological polar surface area (TPSA) is 28.7 Å². The molecular formula is C21H15Cl3N2. The van der Waals surface area contributed by atoms with Gasteiger partial charge in [-0.3, -0.25) is 0 Å². The third kappa shape index (κ3) is 3.66. The third-order valence-electron chi connectivity index (χ3n) is 4.19. The van der Waals surface area contributed by atoms with E-state index in [-0.39, 0.29) is 0 Å². The number of hydrogen-bond donors (Lipinski definition) is 0. The first kappa shape index (κ1) is 18.6. The average Bonchev–Trinajstić information content (AvgIpc) is 2.89. The number of rotatable bonds is 3. The van der Waals surface area contributed by atoms with E-state index in [1.165, 1.54) is 0 Å². The van der Waals surface area contributed by atoms with E-state index in [1.807, 2.05) is 50.3 Å². The van der Waals surface area contributed by atoms with Gasteiger partial charge in [0.1, 0.15) is 0 Å². The molecule has 130 valence electrons. The summed E-state index contributed by atoms with van der Waals surface area (Å²) in [5.74, 6) is 0. The van der Waals surface area contributed by atoms with Crippen molar-refractivity contribution >= 4 is 46.5 Å². The van der Waals surface area contributed by atoms with E-state index < -0.39 is 0 Å². The molecule has 3 aromatic rings. The Morgan fingerprint density at radius 3 is 2.42 bits per heavy atom. The minimum Gasteiger partial charge on any atom is -0.318 e. The molecular weight excluding hydrogens is 387 g/mol. The molecule has 0 bridgehead atoms. The van der Waals surface area contributed by atoms with E-state index in [4.69, 9.17) is 34.8 Å².